The normalized spacial score (nSPS) is 13.0. The van der Waals surface area contributed by atoms with Crippen molar-refractivity contribution in [3.8, 4) is 28.9 Å². The van der Waals surface area contributed by atoms with E-state index in [2.05, 4.69) is 20.2 Å². The highest BCUT2D eigenvalue weighted by Gasteiger charge is 2.27. The van der Waals surface area contributed by atoms with E-state index in [-0.39, 0.29) is 11.8 Å². The lowest BCUT2D eigenvalue weighted by molar-refractivity contribution is 0.205. The van der Waals surface area contributed by atoms with Gasteiger partial charge in [0.25, 0.3) is 0 Å². The van der Waals surface area contributed by atoms with E-state index in [0.717, 1.165) is 30.0 Å². The first-order valence-corrected chi connectivity index (χ1v) is 15.4. The predicted molar refractivity (Wildman–Crippen MR) is 178 cm³/mol. The second-order valence-electron chi connectivity index (χ2n) is 10.9. The number of methoxy groups -OCH3 is 3. The average molecular weight is 628 g/mol. The number of nitrogens with one attached hydrogen (secondary N) is 1. The van der Waals surface area contributed by atoms with Gasteiger partial charge in [0, 0.05) is 36.6 Å². The lowest BCUT2D eigenvalue weighted by Crippen LogP contribution is -2.31. The molecule has 0 radical (unpaired) electrons. The summed E-state index contributed by atoms with van der Waals surface area (Å²) in [6.45, 7) is 5.98. The molecular formula is C35H41N5O6. The molecule has 0 unspecified atom stereocenters. The topological polar surface area (TPSA) is 108 Å². The van der Waals surface area contributed by atoms with Crippen LogP contribution in [0.1, 0.15) is 31.2 Å². The van der Waals surface area contributed by atoms with Gasteiger partial charge in [-0.05, 0) is 81.2 Å². The number of hydrogen-bond donors (Lipinski definition) is 1. The third-order valence-corrected chi connectivity index (χ3v) is 7.63. The summed E-state index contributed by atoms with van der Waals surface area (Å²) in [6.07, 6.45) is 5.67. The highest BCUT2D eigenvalue weighted by atomic mass is 16.6. The van der Waals surface area contributed by atoms with Gasteiger partial charge in [0.05, 0.1) is 39.3 Å². The Kier molecular flexibility index (Phi) is 11.1. The number of likely N-dealkylation sites (tertiary alicyclic amines) is 1. The van der Waals surface area contributed by atoms with E-state index in [1.165, 1.54) is 56.6 Å². The molecule has 2 heterocycles. The summed E-state index contributed by atoms with van der Waals surface area (Å²) in [5, 5.41) is 3.18. The molecule has 0 saturated carbocycles. The second kappa shape index (κ2) is 15.8. The van der Waals surface area contributed by atoms with E-state index in [4.69, 9.17) is 23.7 Å². The summed E-state index contributed by atoms with van der Waals surface area (Å²) in [5.41, 5.74) is 2.56. The Morgan fingerprint density at radius 3 is 2.48 bits per heavy atom. The zero-order chi connectivity index (χ0) is 32.3. The van der Waals surface area contributed by atoms with Gasteiger partial charge in [-0.15, -0.1) is 0 Å². The van der Waals surface area contributed by atoms with Crippen molar-refractivity contribution in [2.24, 2.45) is 0 Å². The number of benzene rings is 3. The summed E-state index contributed by atoms with van der Waals surface area (Å²) in [4.78, 5) is 26.6. The van der Waals surface area contributed by atoms with Crippen molar-refractivity contribution in [2.75, 3.05) is 57.8 Å². The molecule has 5 rings (SSSR count). The van der Waals surface area contributed by atoms with Crippen molar-refractivity contribution in [1.82, 2.24) is 14.9 Å². The number of carbonyl (C=O) groups is 1. The van der Waals surface area contributed by atoms with Crippen molar-refractivity contribution >= 4 is 29.1 Å². The van der Waals surface area contributed by atoms with Crippen LogP contribution >= 0.6 is 0 Å². The van der Waals surface area contributed by atoms with Gasteiger partial charge in [-0.25, -0.2) is 14.7 Å². The van der Waals surface area contributed by atoms with Crippen molar-refractivity contribution < 1.29 is 28.5 Å². The number of piperidine rings is 1. The fourth-order valence-electron chi connectivity index (χ4n) is 5.32. The molecule has 4 aromatic rings. The van der Waals surface area contributed by atoms with Crippen LogP contribution in [0.2, 0.25) is 0 Å². The number of carbonyl (C=O) groups excluding carboxylic acids is 1. The zero-order valence-electron chi connectivity index (χ0n) is 26.8. The molecule has 242 valence electrons. The van der Waals surface area contributed by atoms with Crippen LogP contribution in [-0.4, -0.2) is 68.5 Å². The van der Waals surface area contributed by atoms with E-state index in [9.17, 15) is 4.79 Å². The third kappa shape index (κ3) is 8.36. The van der Waals surface area contributed by atoms with Gasteiger partial charge in [-0.3, -0.25) is 0 Å². The first kappa shape index (κ1) is 32.4. The molecule has 0 bridgehead atoms. The highest BCUT2D eigenvalue weighted by molar-refractivity contribution is 6.00. The summed E-state index contributed by atoms with van der Waals surface area (Å²) in [5.74, 6) is 2.51. The summed E-state index contributed by atoms with van der Waals surface area (Å²) in [6, 6.07) is 19.8. The van der Waals surface area contributed by atoms with Crippen molar-refractivity contribution in [3.05, 3.63) is 78.5 Å². The molecule has 46 heavy (non-hydrogen) atoms. The molecule has 1 N–H and O–H groups in total. The van der Waals surface area contributed by atoms with Crippen molar-refractivity contribution in [1.29, 1.82) is 0 Å². The SMILES string of the molecule is COc1ccc(N(C(=O)Oc2ccnc(Nc3cccc(OCCCN4CCCCC4)c3)n2)c2cc(C)ccc2OC)c(OC)c1. The van der Waals surface area contributed by atoms with E-state index < -0.39 is 6.09 Å². The predicted octanol–water partition coefficient (Wildman–Crippen LogP) is 7.15. The molecule has 0 aliphatic carbocycles. The molecule has 3 aromatic carbocycles. The second-order valence-corrected chi connectivity index (χ2v) is 10.9. The molecule has 1 aliphatic rings. The Bertz CT molecular complexity index is 1610. The zero-order valence-corrected chi connectivity index (χ0v) is 26.8. The smallest absolute Gasteiger partial charge is 0.426 e. The Balaban J connectivity index is 1.31. The largest absolute Gasteiger partial charge is 0.497 e. The third-order valence-electron chi connectivity index (χ3n) is 7.63. The Labute approximate surface area is 270 Å². The minimum absolute atomic E-state index is 0.0525. The molecule has 0 spiro atoms. The van der Waals surface area contributed by atoms with Gasteiger partial charge in [-0.1, -0.05) is 18.6 Å². The first-order chi connectivity index (χ1) is 22.5. The van der Waals surface area contributed by atoms with E-state index >= 15 is 0 Å². The first-order valence-electron chi connectivity index (χ1n) is 15.4. The Hall–Kier alpha value is -5.03. The van der Waals surface area contributed by atoms with Gasteiger partial charge in [-0.2, -0.15) is 4.98 Å². The fourth-order valence-corrected chi connectivity index (χ4v) is 5.32. The van der Waals surface area contributed by atoms with Gasteiger partial charge in [0.2, 0.25) is 11.8 Å². The van der Waals surface area contributed by atoms with E-state index in [1.807, 2.05) is 43.3 Å². The molecule has 1 fully saturated rings. The van der Waals surface area contributed by atoms with Crippen LogP contribution < -0.4 is 33.9 Å². The number of aryl methyl sites for hydroxylation is 1. The Morgan fingerprint density at radius 1 is 0.870 bits per heavy atom. The number of rotatable bonds is 13. The van der Waals surface area contributed by atoms with Gasteiger partial charge < -0.3 is 33.9 Å². The average Bonchev–Trinajstić information content (AvgIpc) is 3.08. The minimum Gasteiger partial charge on any atom is -0.497 e. The maximum absolute atomic E-state index is 13.9. The molecule has 1 aliphatic heterocycles. The molecule has 11 nitrogen and oxygen atoms in total. The molecular weight excluding hydrogens is 586 g/mol. The Morgan fingerprint density at radius 2 is 1.70 bits per heavy atom. The van der Waals surface area contributed by atoms with Crippen molar-refractivity contribution in [2.45, 2.75) is 32.6 Å². The summed E-state index contributed by atoms with van der Waals surface area (Å²) >= 11 is 0. The quantitative estimate of drug-likeness (QED) is 0.154. The van der Waals surface area contributed by atoms with Crippen LogP contribution in [0.15, 0.2) is 72.9 Å². The van der Waals surface area contributed by atoms with Crippen LogP contribution in [0.5, 0.6) is 28.9 Å². The summed E-state index contributed by atoms with van der Waals surface area (Å²) < 4.78 is 28.4. The molecule has 1 saturated heterocycles. The number of ether oxygens (including phenoxy) is 5. The number of anilines is 4. The van der Waals surface area contributed by atoms with Crippen molar-refractivity contribution in [3.63, 3.8) is 0 Å². The molecule has 0 atom stereocenters. The van der Waals surface area contributed by atoms with Gasteiger partial charge >= 0.3 is 6.09 Å². The van der Waals surface area contributed by atoms with Crippen LogP contribution in [0, 0.1) is 6.92 Å². The fraction of sp³-hybridized carbons (Fsp3) is 0.343. The standard InChI is InChI=1S/C35H41N5O6/c1-25-12-15-31(43-3)30(22-25)40(29-14-13-27(42-2)24-32(29)44-4)35(41)46-33-16-17-36-34(38-33)37-26-10-8-11-28(23-26)45-21-9-20-39-18-6-5-7-19-39/h8,10-17,22-24H,5-7,9,18-21H2,1-4H3,(H,36,37,38). The number of amides is 1. The molecule has 11 heteroatoms. The molecule has 1 amide bonds. The number of aromatic nitrogens is 2. The maximum atomic E-state index is 13.9. The maximum Gasteiger partial charge on any atom is 0.426 e. The van der Waals surface area contributed by atoms with E-state index in [1.54, 1.807) is 38.5 Å². The van der Waals surface area contributed by atoms with Crippen LogP contribution in [0.25, 0.3) is 0 Å². The van der Waals surface area contributed by atoms with Gasteiger partial charge in [0.1, 0.15) is 23.0 Å². The number of nitrogens with zero attached hydrogens (tertiary/aromatic N) is 4. The molecule has 1 aromatic heterocycles. The van der Waals surface area contributed by atoms with Crippen LogP contribution in [0.4, 0.5) is 27.8 Å². The van der Waals surface area contributed by atoms with E-state index in [0.29, 0.717) is 35.2 Å². The van der Waals surface area contributed by atoms with Gasteiger partial charge in [0.15, 0.2) is 0 Å². The lowest BCUT2D eigenvalue weighted by Gasteiger charge is -2.26. The monoisotopic (exact) mass is 627 g/mol. The summed E-state index contributed by atoms with van der Waals surface area (Å²) in [7, 11) is 4.62. The van der Waals surface area contributed by atoms with Crippen LogP contribution in [0.3, 0.4) is 0 Å². The minimum atomic E-state index is -0.725. The lowest BCUT2D eigenvalue weighted by atomic mass is 10.1. The van der Waals surface area contributed by atoms with Crippen LogP contribution in [-0.2, 0) is 0 Å². The highest BCUT2D eigenvalue weighted by Crippen LogP contribution is 2.41. The number of hydrogen-bond acceptors (Lipinski definition) is 10.